The molecule has 0 fully saturated rings. The van der Waals surface area contributed by atoms with Crippen LogP contribution in [0.25, 0.3) is 34.4 Å². The van der Waals surface area contributed by atoms with Crippen molar-refractivity contribution in [2.45, 2.75) is 64.7 Å². The lowest BCUT2D eigenvalue weighted by atomic mass is 9.88. The summed E-state index contributed by atoms with van der Waals surface area (Å²) in [4.78, 5) is 54.2. The number of aryl methyl sites for hydroxylation is 1. The van der Waals surface area contributed by atoms with Crippen LogP contribution in [0.3, 0.4) is 0 Å². The van der Waals surface area contributed by atoms with Gasteiger partial charge in [0.1, 0.15) is 11.5 Å². The maximum atomic E-state index is 14.1. The van der Waals surface area contributed by atoms with Gasteiger partial charge in [0, 0.05) is 46.7 Å². The van der Waals surface area contributed by atoms with Gasteiger partial charge in [0.2, 0.25) is 0 Å². The number of hydrogen-bond donors (Lipinski definition) is 4. The van der Waals surface area contributed by atoms with E-state index in [0.717, 1.165) is 11.4 Å². The third kappa shape index (κ3) is 19.5. The Hall–Kier alpha value is -10.5. The largest absolute Gasteiger partial charge is 0.494 e. The number of halogens is 6. The van der Waals surface area contributed by atoms with Gasteiger partial charge in [-0.15, -0.1) is 0 Å². The molecule has 0 saturated heterocycles. The summed E-state index contributed by atoms with van der Waals surface area (Å²) in [5.74, 6) is -1.02. The van der Waals surface area contributed by atoms with Gasteiger partial charge in [0.05, 0.1) is 38.6 Å². The van der Waals surface area contributed by atoms with Crippen molar-refractivity contribution in [3.8, 4) is 56.8 Å². The summed E-state index contributed by atoms with van der Waals surface area (Å²) >= 11 is 0. The molecule has 14 nitrogen and oxygen atoms in total. The molecule has 8 rings (SSSR count). The van der Waals surface area contributed by atoms with Gasteiger partial charge in [-0.05, 0) is 211 Å². The Morgan fingerprint density at radius 1 is 0.456 bits per heavy atom. The van der Waals surface area contributed by atoms with Crippen LogP contribution in [0.15, 0.2) is 170 Å². The fourth-order valence-corrected chi connectivity index (χ4v) is 9.13. The number of nitrogens with two attached hydrogens (primary N) is 4. The zero-order valence-corrected chi connectivity index (χ0v) is 49.6. The van der Waals surface area contributed by atoms with Crippen molar-refractivity contribution in [1.82, 2.24) is 0 Å². The molecular formula is C70H66F6N4O10. The van der Waals surface area contributed by atoms with Crippen molar-refractivity contribution >= 4 is 58.4 Å². The Bertz CT molecular complexity index is 3880. The van der Waals surface area contributed by atoms with E-state index in [4.69, 9.17) is 51.4 Å². The summed E-state index contributed by atoms with van der Waals surface area (Å²) in [5, 5.41) is 0. The topological polar surface area (TPSA) is 228 Å². The molecule has 0 amide bonds. The van der Waals surface area contributed by atoms with Crippen LogP contribution >= 0.6 is 0 Å². The summed E-state index contributed by atoms with van der Waals surface area (Å²) in [6.07, 6.45) is -4.20. The molecule has 0 aliphatic rings. The van der Waals surface area contributed by atoms with Crippen LogP contribution in [0.2, 0.25) is 0 Å². The van der Waals surface area contributed by atoms with Gasteiger partial charge in [0.25, 0.3) is 0 Å². The summed E-state index contributed by atoms with van der Waals surface area (Å²) in [6, 6.07) is 43.0. The van der Waals surface area contributed by atoms with Crippen molar-refractivity contribution in [3.63, 3.8) is 0 Å². The van der Waals surface area contributed by atoms with Gasteiger partial charge < -0.3 is 51.4 Å². The lowest BCUT2D eigenvalue weighted by molar-refractivity contribution is -0.136. The van der Waals surface area contributed by atoms with Gasteiger partial charge in [-0.25, -0.2) is 9.59 Å². The van der Waals surface area contributed by atoms with Gasteiger partial charge in [0.15, 0.2) is 34.6 Å². The number of unbranched alkanes of at least 4 members (excludes halogenated alkanes) is 2. The number of alkyl halides is 6. The highest BCUT2D eigenvalue weighted by Gasteiger charge is 2.27. The Morgan fingerprint density at radius 3 is 1.37 bits per heavy atom. The number of ether oxygens (including phenoxy) is 6. The van der Waals surface area contributed by atoms with E-state index in [1.165, 1.54) is 122 Å². The molecule has 0 aliphatic heterocycles. The molecule has 20 heteroatoms. The molecule has 8 N–H and O–H groups in total. The fraction of sp³-hybridized carbons (Fsp3) is 0.200. The Morgan fingerprint density at radius 2 is 0.900 bits per heavy atom. The van der Waals surface area contributed by atoms with E-state index in [1.807, 2.05) is 42.5 Å². The Labute approximate surface area is 516 Å². The lowest BCUT2D eigenvalue weighted by Crippen LogP contribution is -2.09. The molecular weight excluding hydrogens is 1170 g/mol. The second-order valence-electron chi connectivity index (χ2n) is 20.6. The molecule has 0 spiro atoms. The van der Waals surface area contributed by atoms with Gasteiger partial charge >= 0.3 is 24.3 Å². The first-order chi connectivity index (χ1) is 42.9. The number of ketones is 2. The molecule has 0 atom stereocenters. The highest BCUT2D eigenvalue weighted by Crippen LogP contribution is 2.36. The normalized spacial score (nSPS) is 11.4. The maximum absolute atomic E-state index is 14.1. The van der Waals surface area contributed by atoms with E-state index in [9.17, 15) is 45.5 Å². The summed E-state index contributed by atoms with van der Waals surface area (Å²) in [5.41, 5.74) is 32.7. The monoisotopic (exact) mass is 1240 g/mol. The third-order valence-corrected chi connectivity index (χ3v) is 13.9. The van der Waals surface area contributed by atoms with E-state index in [0.29, 0.717) is 45.0 Å². The highest BCUT2D eigenvalue weighted by atomic mass is 19.4. The van der Waals surface area contributed by atoms with Gasteiger partial charge in [-0.2, -0.15) is 26.3 Å². The number of allylic oxidation sites excluding steroid dienone is 2. The number of hydrogen-bond acceptors (Lipinski definition) is 14. The van der Waals surface area contributed by atoms with Crippen molar-refractivity contribution < 1.29 is 73.9 Å². The number of carbonyl (C=O) groups excluding carboxylic acids is 4. The molecule has 8 aromatic carbocycles. The van der Waals surface area contributed by atoms with Gasteiger partial charge in [-0.1, -0.05) is 54.6 Å². The number of nitrogen functional groups attached to an aromatic ring is 4. The predicted molar refractivity (Wildman–Crippen MR) is 337 cm³/mol. The van der Waals surface area contributed by atoms with E-state index in [-0.39, 0.29) is 89.8 Å². The number of methoxy groups -OCH3 is 2. The predicted octanol–water partition coefficient (Wildman–Crippen LogP) is 16.1. The van der Waals surface area contributed by atoms with E-state index in [1.54, 1.807) is 55.5 Å². The molecule has 0 saturated carbocycles. The van der Waals surface area contributed by atoms with Crippen LogP contribution in [0.5, 0.6) is 34.5 Å². The lowest BCUT2D eigenvalue weighted by Gasteiger charge is -2.16. The van der Waals surface area contributed by atoms with Crippen LogP contribution in [0.1, 0.15) is 102 Å². The zero-order valence-electron chi connectivity index (χ0n) is 49.6. The first kappa shape index (κ1) is 67.0. The molecule has 0 unspecified atom stereocenters. The van der Waals surface area contributed by atoms with Gasteiger partial charge in [-0.3, -0.25) is 9.59 Å². The summed E-state index contributed by atoms with van der Waals surface area (Å²) in [6.45, 7) is 3.91. The van der Waals surface area contributed by atoms with Crippen LogP contribution in [0.4, 0.5) is 49.1 Å². The SMILES string of the molecule is COc1cc(/C=C/C(=O)c2cc(N)ccc2-c2ccc(N)c(C)c2C(=O)/C=C/c2ccc(OC(=O)c3ccc(OCCCCC(F)(F)F)cc3)c(OC)c2)ccc1OC(=O)c1ccc(OCCCCC(F)(F)F)cc1.Cc1cc(N)ccc1-c1ccc(N)cc1. The minimum atomic E-state index is -4.22. The molecule has 0 bridgehead atoms. The molecule has 0 aromatic heterocycles. The molecule has 0 heterocycles. The van der Waals surface area contributed by atoms with Crippen LogP contribution in [0, 0.1) is 13.8 Å². The third-order valence-electron chi connectivity index (χ3n) is 13.9. The average Bonchev–Trinajstić information content (AvgIpc) is 0.897. The minimum absolute atomic E-state index is 0.0613. The van der Waals surface area contributed by atoms with Crippen LogP contribution in [-0.4, -0.2) is 63.3 Å². The van der Waals surface area contributed by atoms with E-state index in [2.05, 4.69) is 6.92 Å². The first-order valence-corrected chi connectivity index (χ1v) is 28.2. The number of carbonyl (C=O) groups is 4. The van der Waals surface area contributed by atoms with Crippen molar-refractivity contribution in [2.75, 3.05) is 50.4 Å². The molecule has 468 valence electrons. The quantitative estimate of drug-likeness (QED) is 0.00839. The van der Waals surface area contributed by atoms with Crippen molar-refractivity contribution in [3.05, 3.63) is 214 Å². The second-order valence-corrected chi connectivity index (χ2v) is 20.6. The summed E-state index contributed by atoms with van der Waals surface area (Å²) in [7, 11) is 2.76. The number of rotatable bonds is 24. The summed E-state index contributed by atoms with van der Waals surface area (Å²) < 4.78 is 108. The van der Waals surface area contributed by atoms with E-state index >= 15 is 0 Å². The van der Waals surface area contributed by atoms with Crippen molar-refractivity contribution in [2.24, 2.45) is 0 Å². The second kappa shape index (κ2) is 30.9. The van der Waals surface area contributed by atoms with E-state index < -0.39 is 48.7 Å². The molecule has 8 aromatic rings. The molecule has 0 aliphatic carbocycles. The van der Waals surface area contributed by atoms with Crippen molar-refractivity contribution in [1.29, 1.82) is 0 Å². The number of anilines is 4. The molecule has 90 heavy (non-hydrogen) atoms. The van der Waals surface area contributed by atoms with Crippen LogP contribution < -0.4 is 51.4 Å². The Balaban J connectivity index is 0.000000666. The zero-order chi connectivity index (χ0) is 65.1. The standard InChI is InChI=1S/C57H52F6N2O10.C13H14N2/c1-35-46(65)23-22-44(53(35)48(67)25-9-37-11-27-50(52(33-37)71-3)75-55(69)39-14-19-42(20-15-39)73-31-7-5-29-57(61,62)63)43-21-16-40(64)34-45(43)47(66)24-8-36-10-26-49(51(32-36)70-2)74-54(68)38-12-17-41(18-13-38)72-30-6-4-28-56(58,59)60;1-9-8-12(15)6-7-13(9)10-2-4-11(14)5-3-10/h8-27,32-34H,4-7,28-31,64-65H2,1-3H3;2-8H,14-15H2,1H3/b24-8+,25-9+;. The fourth-order valence-electron chi connectivity index (χ4n) is 9.13. The molecule has 0 radical (unpaired) electrons. The smallest absolute Gasteiger partial charge is 0.389 e. The van der Waals surface area contributed by atoms with Crippen LogP contribution in [-0.2, 0) is 0 Å². The number of esters is 2. The minimum Gasteiger partial charge on any atom is -0.494 e. The maximum Gasteiger partial charge on any atom is 0.389 e. The average molecular weight is 1240 g/mol. The highest BCUT2D eigenvalue weighted by molar-refractivity contribution is 6.16. The number of benzene rings is 8. The first-order valence-electron chi connectivity index (χ1n) is 28.2. The Kier molecular flexibility index (Phi) is 23.0.